The van der Waals surface area contributed by atoms with Crippen LogP contribution in [0.3, 0.4) is 0 Å². The second kappa shape index (κ2) is 15.6. The third-order valence-corrected chi connectivity index (χ3v) is 12.1. The van der Waals surface area contributed by atoms with Crippen LogP contribution in [0, 0.1) is 17.3 Å². The molecule has 1 saturated heterocycles. The Balaban J connectivity index is 1.74. The number of hydrogen-bond donors (Lipinski definition) is 2. The van der Waals surface area contributed by atoms with Crippen molar-refractivity contribution in [1.29, 1.82) is 0 Å². The second-order valence-electron chi connectivity index (χ2n) is 15.9. The summed E-state index contributed by atoms with van der Waals surface area (Å²) >= 11 is 0. The van der Waals surface area contributed by atoms with Gasteiger partial charge in [-0.05, 0) is 38.1 Å². The molecule has 0 amide bonds. The Morgan fingerprint density at radius 2 is 1.42 bits per heavy atom. The Bertz CT molecular complexity index is 2040. The summed E-state index contributed by atoms with van der Waals surface area (Å²) < 4.78 is 48.6. The van der Waals surface area contributed by atoms with E-state index in [9.17, 15) is 43.8 Å². The number of rotatable bonds is 7. The lowest BCUT2D eigenvalue weighted by atomic mass is 9.45. The molecule has 18 heteroatoms. The van der Waals surface area contributed by atoms with Crippen molar-refractivity contribution >= 4 is 41.8 Å². The third-order valence-electron chi connectivity index (χ3n) is 12.1. The van der Waals surface area contributed by atoms with Crippen molar-refractivity contribution in [3.05, 3.63) is 65.5 Å². The Morgan fingerprint density at radius 3 is 2.02 bits per heavy atom. The highest BCUT2D eigenvalue weighted by atomic mass is 16.7. The van der Waals surface area contributed by atoms with Gasteiger partial charge in [0.05, 0.1) is 34.8 Å². The fourth-order valence-electron chi connectivity index (χ4n) is 9.53. The maximum Gasteiger partial charge on any atom is 0.340 e. The van der Waals surface area contributed by atoms with E-state index in [-0.39, 0.29) is 16.8 Å². The smallest absolute Gasteiger partial charge is 0.340 e. The van der Waals surface area contributed by atoms with Gasteiger partial charge in [-0.15, -0.1) is 0 Å². The molecule has 2 aliphatic heterocycles. The monoisotopic (exact) mass is 825 g/mol. The average molecular weight is 826 g/mol. The highest BCUT2D eigenvalue weighted by molar-refractivity contribution is 5.91. The van der Waals surface area contributed by atoms with Crippen molar-refractivity contribution in [3.63, 3.8) is 0 Å². The molecule has 1 aromatic carbocycles. The van der Waals surface area contributed by atoms with E-state index in [1.165, 1.54) is 44.3 Å². The fraction of sp³-hybridized carbons (Fsp3) is 0.561. The maximum absolute atomic E-state index is 14.3. The van der Waals surface area contributed by atoms with Crippen molar-refractivity contribution in [2.24, 2.45) is 17.3 Å². The minimum atomic E-state index is -2.81. The molecule has 13 atom stereocenters. The number of hydrogen-bond acceptors (Lipinski definition) is 18. The van der Waals surface area contributed by atoms with Gasteiger partial charge in [-0.1, -0.05) is 32.0 Å². The van der Waals surface area contributed by atoms with Crippen LogP contribution < -0.4 is 0 Å². The van der Waals surface area contributed by atoms with E-state index in [0.717, 1.165) is 34.6 Å². The van der Waals surface area contributed by atoms with Crippen LogP contribution in [0.15, 0.2) is 48.7 Å². The summed E-state index contributed by atoms with van der Waals surface area (Å²) in [6.07, 6.45) is -10.8. The van der Waals surface area contributed by atoms with Crippen LogP contribution in [-0.2, 0) is 61.9 Å². The number of aromatic nitrogens is 1. The zero-order valence-electron chi connectivity index (χ0n) is 33.7. The van der Waals surface area contributed by atoms with Gasteiger partial charge in [0, 0.05) is 39.8 Å². The summed E-state index contributed by atoms with van der Waals surface area (Å²) in [5.41, 5.74) is -10.1. The lowest BCUT2D eigenvalue weighted by molar-refractivity contribution is -0.386. The summed E-state index contributed by atoms with van der Waals surface area (Å²) in [6.45, 7) is 7.71. The standard InChI is InChI=1S/C41H47NO17/c1-19-20(2)35(48)58-32-30(54-22(4)44)34(56-24(6)46)40(18-52-21(3)43)33(55-23(5)45)29(57-36(49)25-13-10-9-11-14-25)27-31(47)41(40,39(32,8)51)59-38(27,7)17-53-37(50)26-15-12-16-42-28(19)26/h9-16,19-20,27,29-34,47,51H,17-18H2,1-8H3/t19?,20?,27?,29-,30-,31+,32-,33+,34-,38-,39-,40+,41-/m0/s1. The highest BCUT2D eigenvalue weighted by Gasteiger charge is 2.91. The van der Waals surface area contributed by atoms with E-state index in [1.54, 1.807) is 25.1 Å². The number of fused-ring (bicyclic) bond motifs is 5. The lowest BCUT2D eigenvalue weighted by Crippen LogP contribution is -2.89. The molecule has 2 aliphatic carbocycles. The van der Waals surface area contributed by atoms with Gasteiger partial charge in [-0.2, -0.15) is 0 Å². The first kappa shape index (κ1) is 43.1. The van der Waals surface area contributed by atoms with Gasteiger partial charge < -0.3 is 48.1 Å². The summed E-state index contributed by atoms with van der Waals surface area (Å²) in [5, 5.41) is 26.3. The van der Waals surface area contributed by atoms with Gasteiger partial charge >= 0.3 is 41.8 Å². The molecule has 2 aromatic rings. The minimum absolute atomic E-state index is 0.00386. The van der Waals surface area contributed by atoms with Crippen molar-refractivity contribution in [2.75, 3.05) is 13.2 Å². The molecule has 3 unspecified atom stereocenters. The first-order valence-corrected chi connectivity index (χ1v) is 19.0. The molecule has 2 saturated carbocycles. The van der Waals surface area contributed by atoms with Gasteiger partial charge in [0.1, 0.15) is 41.5 Å². The zero-order valence-corrected chi connectivity index (χ0v) is 33.7. The summed E-state index contributed by atoms with van der Waals surface area (Å²) in [5.74, 6) is -10.7. The van der Waals surface area contributed by atoms with Crippen molar-refractivity contribution in [2.45, 2.75) is 115 Å². The number of carbonyl (C=O) groups is 7. The van der Waals surface area contributed by atoms with Crippen molar-refractivity contribution in [1.82, 2.24) is 4.98 Å². The second-order valence-corrected chi connectivity index (χ2v) is 15.9. The van der Waals surface area contributed by atoms with Crippen LogP contribution in [0.1, 0.15) is 87.7 Å². The topological polar surface area (TPSA) is 247 Å². The number of nitrogens with zero attached hydrogens (tertiary/aromatic N) is 1. The molecule has 1 spiro atoms. The number of pyridine rings is 1. The van der Waals surface area contributed by atoms with Gasteiger partial charge in [-0.25, -0.2) is 9.59 Å². The maximum atomic E-state index is 14.3. The summed E-state index contributed by atoms with van der Waals surface area (Å²) in [7, 11) is 0. The molecule has 59 heavy (non-hydrogen) atoms. The molecule has 18 nitrogen and oxygen atoms in total. The highest BCUT2D eigenvalue weighted by Crippen LogP contribution is 2.69. The van der Waals surface area contributed by atoms with Crippen LogP contribution in [0.25, 0.3) is 0 Å². The summed E-state index contributed by atoms with van der Waals surface area (Å²) in [6, 6.07) is 10.5. The van der Waals surface area contributed by atoms with Crippen LogP contribution in [-0.4, -0.2) is 124 Å². The Hall–Kier alpha value is -5.46. The quantitative estimate of drug-likeness (QED) is 0.298. The van der Waals surface area contributed by atoms with Gasteiger partial charge in [0.15, 0.2) is 24.4 Å². The number of aliphatic hydroxyl groups excluding tert-OH is 1. The largest absolute Gasteiger partial charge is 0.465 e. The summed E-state index contributed by atoms with van der Waals surface area (Å²) in [4.78, 5) is 99.2. The van der Waals surface area contributed by atoms with Gasteiger partial charge in [0.2, 0.25) is 0 Å². The van der Waals surface area contributed by atoms with Gasteiger partial charge in [0.25, 0.3) is 0 Å². The number of esters is 7. The third kappa shape index (κ3) is 6.89. The molecule has 0 radical (unpaired) electrons. The molecule has 318 valence electrons. The molecule has 4 aliphatic rings. The predicted molar refractivity (Wildman–Crippen MR) is 196 cm³/mol. The molecule has 4 bridgehead atoms. The average Bonchev–Trinajstić information content (AvgIpc) is 3.37. The molecule has 2 N–H and O–H groups in total. The Morgan fingerprint density at radius 1 is 0.814 bits per heavy atom. The Kier molecular flexibility index (Phi) is 11.4. The van der Waals surface area contributed by atoms with Crippen LogP contribution in [0.2, 0.25) is 0 Å². The van der Waals surface area contributed by atoms with Crippen molar-refractivity contribution < 1.29 is 81.7 Å². The number of cyclic esters (lactones) is 1. The van der Waals surface area contributed by atoms with E-state index >= 15 is 0 Å². The lowest BCUT2D eigenvalue weighted by Gasteiger charge is -2.67. The zero-order chi connectivity index (χ0) is 43.4. The van der Waals surface area contributed by atoms with E-state index in [2.05, 4.69) is 4.98 Å². The van der Waals surface area contributed by atoms with E-state index in [0.29, 0.717) is 0 Å². The number of benzene rings is 1. The van der Waals surface area contributed by atoms with Crippen LogP contribution in [0.4, 0.5) is 0 Å². The van der Waals surface area contributed by atoms with Gasteiger partial charge in [-0.3, -0.25) is 29.0 Å². The first-order valence-electron chi connectivity index (χ1n) is 19.0. The van der Waals surface area contributed by atoms with Crippen molar-refractivity contribution in [3.8, 4) is 0 Å². The number of aliphatic hydroxyl groups is 2. The molecule has 3 heterocycles. The molecular formula is C41H47NO17. The Labute approximate surface area is 338 Å². The normalized spacial score (nSPS) is 37.4. The van der Waals surface area contributed by atoms with E-state index in [4.69, 9.17) is 37.9 Å². The minimum Gasteiger partial charge on any atom is -0.465 e. The number of carbonyl (C=O) groups excluding carboxylic acids is 7. The molecular weight excluding hydrogens is 778 g/mol. The van der Waals surface area contributed by atoms with E-state index in [1.807, 2.05) is 0 Å². The predicted octanol–water partition coefficient (Wildman–Crippen LogP) is 1.76. The SMILES string of the molecule is CC(=O)OC[C@]12[C@H](OC(C)=O)[C@@H](OC(=O)c3ccccc3)C3[C@@H](O)[C@@]14O[C@@]3(C)COC(=O)c1cccnc1C(C)C(C)C(=O)O[C@@H]([C@H](OC(C)=O)[C@@H]2OC(C)=O)[C@]4(C)O. The van der Waals surface area contributed by atoms with Crippen LogP contribution in [0.5, 0.6) is 0 Å². The van der Waals surface area contributed by atoms with Crippen LogP contribution >= 0.6 is 0 Å². The molecule has 3 fully saturated rings. The first-order chi connectivity index (χ1) is 27.6. The fourth-order valence-corrected chi connectivity index (χ4v) is 9.53. The number of ether oxygens (including phenoxy) is 8. The molecule has 1 aromatic heterocycles. The molecule has 6 rings (SSSR count). The van der Waals surface area contributed by atoms with E-state index < -0.39 is 132 Å².